The molecule has 1 heterocycles. The molecule has 0 fully saturated rings. The van der Waals surface area contributed by atoms with Crippen LogP contribution in [0.25, 0.3) is 0 Å². The van der Waals surface area contributed by atoms with Gasteiger partial charge in [-0.15, -0.1) is 0 Å². The number of sulfonamides is 1. The summed E-state index contributed by atoms with van der Waals surface area (Å²) in [6.07, 6.45) is 0. The van der Waals surface area contributed by atoms with Crippen molar-refractivity contribution in [3.63, 3.8) is 0 Å². The number of carbonyl (C=O) groups is 2. The van der Waals surface area contributed by atoms with Crippen LogP contribution in [0.15, 0.2) is 48.5 Å². The first-order chi connectivity index (χ1) is 16.6. The normalized spacial score (nSPS) is 13.4. The Morgan fingerprint density at radius 2 is 1.71 bits per heavy atom. The van der Waals surface area contributed by atoms with E-state index in [0.717, 1.165) is 9.87 Å². The van der Waals surface area contributed by atoms with Crippen molar-refractivity contribution in [1.82, 2.24) is 10.2 Å². The molecule has 0 bridgehead atoms. The van der Waals surface area contributed by atoms with Crippen LogP contribution in [-0.4, -0.2) is 56.8 Å². The number of hydrogen-bond donors (Lipinski definition) is 1. The summed E-state index contributed by atoms with van der Waals surface area (Å²) in [5.74, 6) is 0.189. The van der Waals surface area contributed by atoms with Gasteiger partial charge in [-0.1, -0.05) is 44.2 Å². The molecule has 1 unspecified atom stereocenters. The number of fused-ring (bicyclic) bond motifs is 1. The molecule has 1 aliphatic heterocycles. The Hall–Kier alpha value is -3.27. The van der Waals surface area contributed by atoms with Crippen molar-refractivity contribution in [3.05, 3.63) is 54.1 Å². The third-order valence-corrected chi connectivity index (χ3v) is 7.41. The van der Waals surface area contributed by atoms with Crippen LogP contribution in [-0.2, 0) is 26.2 Å². The zero-order valence-corrected chi connectivity index (χ0v) is 21.4. The molecule has 1 N–H and O–H groups in total. The smallest absolute Gasteiger partial charge is 0.244 e. The summed E-state index contributed by atoms with van der Waals surface area (Å²) in [5.41, 5.74) is 1.12. The minimum absolute atomic E-state index is 0.0477. The van der Waals surface area contributed by atoms with E-state index in [1.54, 1.807) is 25.1 Å². The quantitative estimate of drug-likeness (QED) is 0.506. The van der Waals surface area contributed by atoms with Gasteiger partial charge in [0.15, 0.2) is 11.5 Å². The first-order valence-electron chi connectivity index (χ1n) is 11.6. The minimum Gasteiger partial charge on any atom is -0.454 e. The van der Waals surface area contributed by atoms with Crippen molar-refractivity contribution >= 4 is 27.5 Å². The lowest BCUT2D eigenvalue weighted by atomic mass is 10.1. The van der Waals surface area contributed by atoms with Crippen LogP contribution < -0.4 is 19.1 Å². The number of rotatable bonds is 11. The van der Waals surface area contributed by atoms with Crippen LogP contribution >= 0.6 is 0 Å². The van der Waals surface area contributed by atoms with Gasteiger partial charge >= 0.3 is 0 Å². The number of hydrogen-bond acceptors (Lipinski definition) is 6. The summed E-state index contributed by atoms with van der Waals surface area (Å²) < 4.78 is 37.8. The molecule has 2 aromatic carbocycles. The molecule has 0 saturated heterocycles. The van der Waals surface area contributed by atoms with E-state index in [2.05, 4.69) is 5.32 Å². The number of amides is 2. The molecule has 1 aliphatic rings. The lowest BCUT2D eigenvalue weighted by Gasteiger charge is -2.32. The second-order valence-corrected chi connectivity index (χ2v) is 10.9. The Morgan fingerprint density at radius 3 is 2.37 bits per heavy atom. The molecule has 2 amide bonds. The lowest BCUT2D eigenvalue weighted by Crippen LogP contribution is -2.51. The summed E-state index contributed by atoms with van der Waals surface area (Å²) >= 11 is 0. The fraction of sp³-hybridized carbons (Fsp3) is 0.440. The maximum atomic E-state index is 13.6. The van der Waals surface area contributed by atoms with Gasteiger partial charge in [0.2, 0.25) is 28.6 Å². The van der Waals surface area contributed by atoms with Gasteiger partial charge in [-0.2, -0.15) is 0 Å². The average Bonchev–Trinajstić information content (AvgIpc) is 3.32. The van der Waals surface area contributed by atoms with E-state index in [0.29, 0.717) is 23.7 Å². The van der Waals surface area contributed by atoms with Gasteiger partial charge in [0.25, 0.3) is 0 Å². The summed E-state index contributed by atoms with van der Waals surface area (Å²) in [7, 11) is -3.81. The number of ether oxygens (including phenoxy) is 2. The van der Waals surface area contributed by atoms with Crippen molar-refractivity contribution in [3.8, 4) is 11.5 Å². The molecule has 2 aromatic rings. The number of nitrogens with zero attached hydrogens (tertiary/aromatic N) is 2. The Kier molecular flexibility index (Phi) is 8.61. The van der Waals surface area contributed by atoms with Crippen molar-refractivity contribution < 1.29 is 27.5 Å². The van der Waals surface area contributed by atoms with Crippen LogP contribution in [0.1, 0.15) is 33.3 Å². The van der Waals surface area contributed by atoms with E-state index in [1.165, 1.54) is 11.8 Å². The molecule has 0 aromatic heterocycles. The highest BCUT2D eigenvalue weighted by Crippen LogP contribution is 2.36. The molecule has 190 valence electrons. The van der Waals surface area contributed by atoms with E-state index >= 15 is 0 Å². The Morgan fingerprint density at radius 1 is 1.03 bits per heavy atom. The van der Waals surface area contributed by atoms with E-state index in [1.807, 2.05) is 44.2 Å². The molecule has 35 heavy (non-hydrogen) atoms. The maximum Gasteiger partial charge on any atom is 0.244 e. The molecular formula is C25H33N3O6S. The van der Waals surface area contributed by atoms with Crippen LogP contribution in [0.4, 0.5) is 5.69 Å². The van der Waals surface area contributed by atoms with Gasteiger partial charge in [0, 0.05) is 19.2 Å². The van der Waals surface area contributed by atoms with E-state index < -0.39 is 28.5 Å². The van der Waals surface area contributed by atoms with E-state index in [4.69, 9.17) is 9.47 Å². The minimum atomic E-state index is -3.81. The van der Waals surface area contributed by atoms with Crippen molar-refractivity contribution in [2.45, 2.75) is 40.3 Å². The third-order valence-electron chi connectivity index (χ3n) is 5.67. The number of carbonyl (C=O) groups excluding carboxylic acids is 2. The molecule has 10 heteroatoms. The highest BCUT2D eigenvalue weighted by atomic mass is 32.2. The summed E-state index contributed by atoms with van der Waals surface area (Å²) in [5, 5.41) is 2.86. The Bertz CT molecular complexity index is 1140. The summed E-state index contributed by atoms with van der Waals surface area (Å²) in [4.78, 5) is 27.9. The third kappa shape index (κ3) is 6.66. The van der Waals surface area contributed by atoms with Gasteiger partial charge < -0.3 is 19.7 Å². The largest absolute Gasteiger partial charge is 0.454 e. The predicted octanol–water partition coefficient (Wildman–Crippen LogP) is 2.76. The zero-order valence-electron chi connectivity index (χ0n) is 20.6. The van der Waals surface area contributed by atoms with Crippen LogP contribution in [0.3, 0.4) is 0 Å². The first-order valence-corrected chi connectivity index (χ1v) is 13.2. The molecule has 3 rings (SSSR count). The van der Waals surface area contributed by atoms with Crippen molar-refractivity contribution in [1.29, 1.82) is 0 Å². The van der Waals surface area contributed by atoms with Crippen LogP contribution in [0, 0.1) is 5.92 Å². The predicted molar refractivity (Wildman–Crippen MR) is 134 cm³/mol. The lowest BCUT2D eigenvalue weighted by molar-refractivity contribution is -0.139. The average molecular weight is 504 g/mol. The fourth-order valence-electron chi connectivity index (χ4n) is 3.58. The second kappa shape index (κ2) is 11.4. The highest BCUT2D eigenvalue weighted by Gasteiger charge is 2.31. The fourth-order valence-corrected chi connectivity index (χ4v) is 4.63. The molecule has 0 spiro atoms. The zero-order chi connectivity index (χ0) is 25.6. The van der Waals surface area contributed by atoms with E-state index in [9.17, 15) is 18.0 Å². The number of nitrogens with one attached hydrogen (secondary N) is 1. The van der Waals surface area contributed by atoms with Gasteiger partial charge in [0.05, 0.1) is 11.4 Å². The SMILES string of the molecule is CCS(=O)(=O)N(CC(=O)N(Cc1ccccc1)C(C)C(=O)NCC(C)C)c1ccc2c(c1)OCO2. The van der Waals surface area contributed by atoms with Gasteiger partial charge in [-0.05, 0) is 37.5 Å². The molecule has 0 aliphatic carbocycles. The van der Waals surface area contributed by atoms with Crippen LogP contribution in [0.2, 0.25) is 0 Å². The van der Waals surface area contributed by atoms with E-state index in [-0.39, 0.29) is 30.9 Å². The van der Waals surface area contributed by atoms with Gasteiger partial charge in [0.1, 0.15) is 12.6 Å². The number of anilines is 1. The van der Waals surface area contributed by atoms with Crippen molar-refractivity contribution in [2.75, 3.05) is 29.9 Å². The topological polar surface area (TPSA) is 105 Å². The summed E-state index contributed by atoms with van der Waals surface area (Å²) in [6.45, 7) is 7.37. The van der Waals surface area contributed by atoms with Crippen LogP contribution in [0.5, 0.6) is 11.5 Å². The molecule has 0 saturated carbocycles. The first kappa shape index (κ1) is 26.3. The molecule has 0 radical (unpaired) electrons. The standard InChI is InChI=1S/C25H33N3O6S/c1-5-35(31,32)28(21-11-12-22-23(13-21)34-17-33-22)16-24(29)27(15-20-9-7-6-8-10-20)19(4)25(30)26-14-18(2)3/h6-13,18-19H,5,14-17H2,1-4H3,(H,26,30). The maximum absolute atomic E-state index is 13.6. The van der Waals surface area contributed by atoms with Gasteiger partial charge in [-0.3, -0.25) is 13.9 Å². The molecular weight excluding hydrogens is 470 g/mol. The molecule has 1 atom stereocenters. The monoisotopic (exact) mass is 503 g/mol. The summed E-state index contributed by atoms with van der Waals surface area (Å²) in [6, 6.07) is 13.2. The number of benzene rings is 2. The van der Waals surface area contributed by atoms with Crippen molar-refractivity contribution in [2.24, 2.45) is 5.92 Å². The molecule has 9 nitrogen and oxygen atoms in total. The Labute approximate surface area is 207 Å². The Balaban J connectivity index is 1.90. The second-order valence-electron chi connectivity index (χ2n) is 8.77. The van der Waals surface area contributed by atoms with Gasteiger partial charge in [-0.25, -0.2) is 8.42 Å². The highest BCUT2D eigenvalue weighted by molar-refractivity contribution is 7.92.